The smallest absolute Gasteiger partial charge is 0.290 e. The maximum atomic E-state index is 13.8. The van der Waals surface area contributed by atoms with E-state index in [0.29, 0.717) is 29.5 Å². The second-order valence-corrected chi connectivity index (χ2v) is 8.75. The summed E-state index contributed by atoms with van der Waals surface area (Å²) < 4.78 is 6.16. The molecule has 1 unspecified atom stereocenters. The van der Waals surface area contributed by atoms with E-state index in [0.717, 1.165) is 17.3 Å². The van der Waals surface area contributed by atoms with Crippen molar-refractivity contribution in [1.29, 1.82) is 0 Å². The van der Waals surface area contributed by atoms with Crippen molar-refractivity contribution in [2.75, 3.05) is 27.2 Å². The SMILES string of the molecule is CN(C)CCCN1C(=O)c2oc3c(ccc4ccccc43)c(=O)c2C1c1cccc([N+](=O)[O-])c1. The summed E-state index contributed by atoms with van der Waals surface area (Å²) in [6, 6.07) is 16.5. The fourth-order valence-electron chi connectivity index (χ4n) is 4.69. The molecule has 1 atom stereocenters. The van der Waals surface area contributed by atoms with Crippen LogP contribution in [0.4, 0.5) is 5.69 Å². The molecule has 172 valence electrons. The molecule has 0 bridgehead atoms. The van der Waals surface area contributed by atoms with Gasteiger partial charge in [0.25, 0.3) is 11.6 Å². The topological polar surface area (TPSA) is 96.9 Å². The zero-order valence-corrected chi connectivity index (χ0v) is 18.9. The largest absolute Gasteiger partial charge is 0.450 e. The third-order valence-corrected chi connectivity index (χ3v) is 6.26. The molecule has 34 heavy (non-hydrogen) atoms. The first kappa shape index (κ1) is 21.8. The van der Waals surface area contributed by atoms with E-state index in [1.807, 2.05) is 49.3 Å². The zero-order chi connectivity index (χ0) is 24.0. The van der Waals surface area contributed by atoms with E-state index in [2.05, 4.69) is 0 Å². The maximum absolute atomic E-state index is 13.8. The van der Waals surface area contributed by atoms with Crippen molar-refractivity contribution in [2.45, 2.75) is 12.5 Å². The lowest BCUT2D eigenvalue weighted by molar-refractivity contribution is -0.384. The lowest BCUT2D eigenvalue weighted by Gasteiger charge is -2.25. The van der Waals surface area contributed by atoms with E-state index >= 15 is 0 Å². The maximum Gasteiger partial charge on any atom is 0.290 e. The molecule has 8 nitrogen and oxygen atoms in total. The van der Waals surface area contributed by atoms with Gasteiger partial charge in [-0.05, 0) is 44.1 Å². The first-order valence-corrected chi connectivity index (χ1v) is 11.1. The molecule has 1 aliphatic heterocycles. The van der Waals surface area contributed by atoms with Crippen LogP contribution < -0.4 is 5.43 Å². The molecule has 0 spiro atoms. The van der Waals surface area contributed by atoms with Gasteiger partial charge in [0, 0.05) is 24.1 Å². The molecule has 1 aliphatic rings. The van der Waals surface area contributed by atoms with Crippen molar-refractivity contribution in [3.05, 3.63) is 97.9 Å². The van der Waals surface area contributed by atoms with Crippen molar-refractivity contribution in [3.8, 4) is 0 Å². The summed E-state index contributed by atoms with van der Waals surface area (Å²) in [7, 11) is 3.89. The molecule has 0 fully saturated rings. The predicted octanol–water partition coefficient (Wildman–Crippen LogP) is 4.35. The summed E-state index contributed by atoms with van der Waals surface area (Å²) in [6.45, 7) is 1.13. The van der Waals surface area contributed by atoms with Crippen LogP contribution in [-0.2, 0) is 0 Å². The Bertz CT molecular complexity index is 1510. The highest BCUT2D eigenvalue weighted by atomic mass is 16.6. The number of hydrogen-bond donors (Lipinski definition) is 0. The van der Waals surface area contributed by atoms with Gasteiger partial charge in [-0.3, -0.25) is 19.7 Å². The predicted molar refractivity (Wildman–Crippen MR) is 129 cm³/mol. The number of carbonyl (C=O) groups is 1. The van der Waals surface area contributed by atoms with Gasteiger partial charge in [0.15, 0.2) is 5.43 Å². The Morgan fingerprint density at radius 2 is 1.82 bits per heavy atom. The summed E-state index contributed by atoms with van der Waals surface area (Å²) in [5.41, 5.74) is 0.740. The molecule has 0 radical (unpaired) electrons. The van der Waals surface area contributed by atoms with Gasteiger partial charge in [-0.1, -0.05) is 42.5 Å². The Morgan fingerprint density at radius 1 is 1.03 bits per heavy atom. The van der Waals surface area contributed by atoms with Crippen LogP contribution in [0.15, 0.2) is 69.9 Å². The summed E-state index contributed by atoms with van der Waals surface area (Å²) >= 11 is 0. The van der Waals surface area contributed by atoms with Gasteiger partial charge in [0.2, 0.25) is 5.76 Å². The highest BCUT2D eigenvalue weighted by molar-refractivity contribution is 6.06. The molecule has 3 aromatic carbocycles. The Balaban J connectivity index is 1.73. The van der Waals surface area contributed by atoms with E-state index in [9.17, 15) is 19.7 Å². The van der Waals surface area contributed by atoms with Crippen LogP contribution >= 0.6 is 0 Å². The van der Waals surface area contributed by atoms with Crippen LogP contribution in [0, 0.1) is 10.1 Å². The molecule has 8 heteroatoms. The van der Waals surface area contributed by atoms with Gasteiger partial charge < -0.3 is 14.2 Å². The fraction of sp³-hybridized carbons (Fsp3) is 0.231. The van der Waals surface area contributed by atoms with Gasteiger partial charge in [-0.15, -0.1) is 0 Å². The Kier molecular flexibility index (Phi) is 5.37. The number of nitro groups is 1. The molecule has 1 aromatic heterocycles. The third kappa shape index (κ3) is 3.52. The second-order valence-electron chi connectivity index (χ2n) is 8.75. The standard InChI is InChI=1S/C26H23N3O5/c1-27(2)13-6-14-28-22(17-8-5-9-18(15-17)29(32)33)21-23(30)20-12-11-16-7-3-4-10-19(16)24(20)34-25(21)26(28)31/h3-5,7-12,15,22H,6,13-14H2,1-2H3. The molecule has 2 heterocycles. The number of rotatable bonds is 6. The van der Waals surface area contributed by atoms with E-state index in [1.165, 1.54) is 12.1 Å². The number of benzene rings is 3. The number of amides is 1. The first-order chi connectivity index (χ1) is 16.4. The van der Waals surface area contributed by atoms with Crippen molar-refractivity contribution in [3.63, 3.8) is 0 Å². The molecule has 1 amide bonds. The summed E-state index contributed by atoms with van der Waals surface area (Å²) in [5, 5.41) is 13.5. The van der Waals surface area contributed by atoms with Crippen LogP contribution in [0.1, 0.15) is 34.1 Å². The minimum atomic E-state index is -0.753. The van der Waals surface area contributed by atoms with E-state index in [4.69, 9.17) is 4.42 Å². The summed E-state index contributed by atoms with van der Waals surface area (Å²) in [6.07, 6.45) is 0.675. The van der Waals surface area contributed by atoms with Crippen molar-refractivity contribution in [1.82, 2.24) is 9.80 Å². The van der Waals surface area contributed by atoms with E-state index < -0.39 is 11.0 Å². The number of hydrogen-bond acceptors (Lipinski definition) is 6. The zero-order valence-electron chi connectivity index (χ0n) is 18.9. The average molecular weight is 457 g/mol. The van der Waals surface area contributed by atoms with Crippen LogP contribution in [0.3, 0.4) is 0 Å². The minimum Gasteiger partial charge on any atom is -0.450 e. The molecule has 0 aliphatic carbocycles. The fourth-order valence-corrected chi connectivity index (χ4v) is 4.69. The number of carbonyl (C=O) groups excluding carboxylic acids is 1. The van der Waals surface area contributed by atoms with Gasteiger partial charge in [0.1, 0.15) is 5.58 Å². The van der Waals surface area contributed by atoms with Crippen LogP contribution in [0.2, 0.25) is 0 Å². The van der Waals surface area contributed by atoms with E-state index in [-0.39, 0.29) is 28.3 Å². The van der Waals surface area contributed by atoms with Gasteiger partial charge in [-0.25, -0.2) is 0 Å². The van der Waals surface area contributed by atoms with Crippen molar-refractivity contribution < 1.29 is 14.1 Å². The first-order valence-electron chi connectivity index (χ1n) is 11.1. The van der Waals surface area contributed by atoms with Gasteiger partial charge >= 0.3 is 0 Å². The lowest BCUT2D eigenvalue weighted by atomic mass is 9.97. The number of non-ortho nitro benzene ring substituents is 1. The van der Waals surface area contributed by atoms with Crippen molar-refractivity contribution >= 4 is 33.3 Å². The highest BCUT2D eigenvalue weighted by Crippen LogP contribution is 2.40. The number of fused-ring (bicyclic) bond motifs is 4. The third-order valence-electron chi connectivity index (χ3n) is 6.26. The van der Waals surface area contributed by atoms with Crippen molar-refractivity contribution in [2.24, 2.45) is 0 Å². The minimum absolute atomic E-state index is 0.00946. The molecule has 0 saturated heterocycles. The van der Waals surface area contributed by atoms with Gasteiger partial charge in [0.05, 0.1) is 21.9 Å². The monoisotopic (exact) mass is 457 g/mol. The van der Waals surface area contributed by atoms with Crippen LogP contribution in [0.25, 0.3) is 21.7 Å². The highest BCUT2D eigenvalue weighted by Gasteiger charge is 2.43. The van der Waals surface area contributed by atoms with E-state index in [1.54, 1.807) is 23.1 Å². The Morgan fingerprint density at radius 3 is 2.59 bits per heavy atom. The molecule has 5 rings (SSSR count). The summed E-state index contributed by atoms with van der Waals surface area (Å²) in [5.74, 6) is -0.368. The molecule has 4 aromatic rings. The second kappa shape index (κ2) is 8.39. The summed E-state index contributed by atoms with van der Waals surface area (Å²) in [4.78, 5) is 41.9. The van der Waals surface area contributed by atoms with Crippen LogP contribution in [0.5, 0.6) is 0 Å². The quantitative estimate of drug-likeness (QED) is 0.243. The number of nitro benzene ring substituents is 1. The number of nitrogens with zero attached hydrogens (tertiary/aromatic N) is 3. The molecule has 0 N–H and O–H groups in total. The normalized spacial score (nSPS) is 15.4. The Hall–Kier alpha value is -4.04. The lowest BCUT2D eigenvalue weighted by Crippen LogP contribution is -2.32. The molecular weight excluding hydrogens is 434 g/mol. The average Bonchev–Trinajstić information content (AvgIpc) is 3.11. The van der Waals surface area contributed by atoms with Crippen LogP contribution in [-0.4, -0.2) is 47.8 Å². The molecular formula is C26H23N3O5. The van der Waals surface area contributed by atoms with Gasteiger partial charge in [-0.2, -0.15) is 0 Å². The molecule has 0 saturated carbocycles. The Labute approximate surface area is 195 Å².